The number of hydrogen-bond acceptors (Lipinski definition) is 6. The van der Waals surface area contributed by atoms with Crippen molar-refractivity contribution in [2.45, 2.75) is 44.4 Å². The van der Waals surface area contributed by atoms with E-state index in [2.05, 4.69) is 10.5 Å². The first kappa shape index (κ1) is 20.3. The van der Waals surface area contributed by atoms with Crippen LogP contribution in [0.1, 0.15) is 38.8 Å². The van der Waals surface area contributed by atoms with Crippen molar-refractivity contribution in [3.63, 3.8) is 0 Å². The lowest BCUT2D eigenvalue weighted by Crippen LogP contribution is -2.35. The van der Waals surface area contributed by atoms with Crippen LogP contribution in [0.2, 0.25) is 0 Å². The molecule has 0 bridgehead atoms. The number of hydrogen-bond donors (Lipinski definition) is 1. The highest BCUT2D eigenvalue weighted by atomic mass is 32.2. The first-order valence-corrected chi connectivity index (χ1v) is 10.8. The number of benzene rings is 1. The van der Waals surface area contributed by atoms with Gasteiger partial charge in [0.05, 0.1) is 18.4 Å². The molecule has 0 atom stereocenters. The van der Waals surface area contributed by atoms with E-state index in [1.807, 2.05) is 6.92 Å². The maximum Gasteiger partial charge on any atom is 0.246 e. The molecule has 0 spiro atoms. The number of anilines is 1. The van der Waals surface area contributed by atoms with Gasteiger partial charge >= 0.3 is 0 Å². The summed E-state index contributed by atoms with van der Waals surface area (Å²) >= 11 is 0. The molecule has 0 saturated carbocycles. The summed E-state index contributed by atoms with van der Waals surface area (Å²) in [6.07, 6.45) is 3.29. The number of carbonyl (C=O) groups is 1. The van der Waals surface area contributed by atoms with Crippen molar-refractivity contribution >= 4 is 21.8 Å². The highest BCUT2D eigenvalue weighted by molar-refractivity contribution is 7.89. The first-order valence-electron chi connectivity index (χ1n) is 9.33. The van der Waals surface area contributed by atoms with Crippen LogP contribution in [0.3, 0.4) is 0 Å². The van der Waals surface area contributed by atoms with Crippen LogP contribution in [0.25, 0.3) is 11.1 Å². The van der Waals surface area contributed by atoms with Gasteiger partial charge in [-0.05, 0) is 37.0 Å². The minimum absolute atomic E-state index is 0.103. The van der Waals surface area contributed by atoms with Crippen molar-refractivity contribution in [1.29, 1.82) is 0 Å². The van der Waals surface area contributed by atoms with Crippen LogP contribution in [-0.2, 0) is 21.2 Å². The topological polar surface area (TPSA) is 102 Å². The minimum atomic E-state index is -3.70. The Hall–Kier alpha value is -2.39. The molecule has 1 aromatic heterocycles. The molecule has 0 unspecified atom stereocenters. The molecule has 8 nitrogen and oxygen atoms in total. The number of nitrogens with zero attached hydrogens (tertiary/aromatic N) is 2. The highest BCUT2D eigenvalue weighted by Gasteiger charge is 2.30. The summed E-state index contributed by atoms with van der Waals surface area (Å²) in [6, 6.07) is 4.93. The maximum atomic E-state index is 13.2. The van der Waals surface area contributed by atoms with Gasteiger partial charge in [0, 0.05) is 20.0 Å². The number of piperidine rings is 1. The van der Waals surface area contributed by atoms with E-state index in [0.29, 0.717) is 36.3 Å². The molecule has 28 heavy (non-hydrogen) atoms. The van der Waals surface area contributed by atoms with Gasteiger partial charge in [-0.15, -0.1) is 0 Å². The number of nitrogens with one attached hydrogen (secondary N) is 1. The van der Waals surface area contributed by atoms with Crippen LogP contribution in [0.15, 0.2) is 27.6 Å². The molecule has 9 heteroatoms. The van der Waals surface area contributed by atoms with Gasteiger partial charge in [0.15, 0.2) is 0 Å². The number of rotatable bonds is 6. The second-order valence-electron chi connectivity index (χ2n) is 6.70. The molecule has 1 aliphatic rings. The fourth-order valence-electron chi connectivity index (χ4n) is 3.39. The predicted octanol–water partition coefficient (Wildman–Crippen LogP) is 3.05. The Morgan fingerprint density at radius 3 is 2.61 bits per heavy atom. The third-order valence-corrected chi connectivity index (χ3v) is 6.69. The summed E-state index contributed by atoms with van der Waals surface area (Å²) in [5.74, 6) is 0.190. The lowest BCUT2D eigenvalue weighted by molar-refractivity contribution is -0.114. The number of carbonyl (C=O) groups excluding carboxylic acids is 1. The molecule has 1 amide bonds. The fourth-order valence-corrected chi connectivity index (χ4v) is 5.08. The van der Waals surface area contributed by atoms with E-state index in [0.717, 1.165) is 19.3 Å². The average Bonchev–Trinajstić information content (AvgIpc) is 3.10. The zero-order valence-electron chi connectivity index (χ0n) is 16.3. The molecule has 0 aliphatic carbocycles. The second kappa shape index (κ2) is 8.32. The Bertz CT molecular complexity index is 962. The van der Waals surface area contributed by atoms with Crippen molar-refractivity contribution < 1.29 is 22.5 Å². The molecule has 1 fully saturated rings. The van der Waals surface area contributed by atoms with Crippen molar-refractivity contribution in [1.82, 2.24) is 9.46 Å². The van der Waals surface area contributed by atoms with E-state index in [1.165, 1.54) is 18.3 Å². The summed E-state index contributed by atoms with van der Waals surface area (Å²) in [5, 5.41) is 6.63. The van der Waals surface area contributed by atoms with Gasteiger partial charge in [-0.1, -0.05) is 24.6 Å². The van der Waals surface area contributed by atoms with Gasteiger partial charge in [0.25, 0.3) is 0 Å². The van der Waals surface area contributed by atoms with Crippen LogP contribution >= 0.6 is 0 Å². The largest absolute Gasteiger partial charge is 0.495 e. The van der Waals surface area contributed by atoms with Crippen molar-refractivity contribution in [2.24, 2.45) is 0 Å². The SMILES string of the molecule is CCc1noc(NC(C)=O)c1-c1ccc(OC)c(S(=O)(=O)N2CCCCC2)c1. The minimum Gasteiger partial charge on any atom is -0.495 e. The van der Waals surface area contributed by atoms with Gasteiger partial charge in [-0.25, -0.2) is 8.42 Å². The van der Waals surface area contributed by atoms with Crippen LogP contribution in [-0.4, -0.2) is 44.0 Å². The predicted molar refractivity (Wildman–Crippen MR) is 105 cm³/mol. The lowest BCUT2D eigenvalue weighted by atomic mass is 10.0. The monoisotopic (exact) mass is 407 g/mol. The van der Waals surface area contributed by atoms with Crippen molar-refractivity contribution in [3.05, 3.63) is 23.9 Å². The summed E-state index contributed by atoms with van der Waals surface area (Å²) in [6.45, 7) is 4.28. The molecule has 3 rings (SSSR count). The zero-order chi connectivity index (χ0) is 20.3. The summed E-state index contributed by atoms with van der Waals surface area (Å²) in [7, 11) is -2.26. The molecule has 152 valence electrons. The molecular weight excluding hydrogens is 382 g/mol. The Labute approximate surface area is 164 Å². The smallest absolute Gasteiger partial charge is 0.246 e. The molecular formula is C19H25N3O5S. The summed E-state index contributed by atoms with van der Waals surface area (Å²) in [4.78, 5) is 11.6. The van der Waals surface area contributed by atoms with E-state index in [9.17, 15) is 13.2 Å². The lowest BCUT2D eigenvalue weighted by Gasteiger charge is -2.26. The first-order chi connectivity index (χ1) is 13.4. The van der Waals surface area contributed by atoms with Gasteiger partial charge in [0.2, 0.25) is 21.8 Å². The number of methoxy groups -OCH3 is 1. The highest BCUT2D eigenvalue weighted by Crippen LogP contribution is 2.37. The number of aromatic nitrogens is 1. The van der Waals surface area contributed by atoms with Crippen LogP contribution in [0, 0.1) is 0 Å². The zero-order valence-corrected chi connectivity index (χ0v) is 17.1. The normalized spacial score (nSPS) is 15.4. The Morgan fingerprint density at radius 2 is 2.00 bits per heavy atom. The molecule has 2 heterocycles. The Kier molecular flexibility index (Phi) is 6.04. The van der Waals surface area contributed by atoms with Gasteiger partial charge in [0.1, 0.15) is 10.6 Å². The quantitative estimate of drug-likeness (QED) is 0.790. The maximum absolute atomic E-state index is 13.2. The number of ether oxygens (including phenoxy) is 1. The van der Waals surface area contributed by atoms with Crippen molar-refractivity contribution in [2.75, 3.05) is 25.5 Å². The second-order valence-corrected chi connectivity index (χ2v) is 8.60. The van der Waals surface area contributed by atoms with Crippen LogP contribution in [0.5, 0.6) is 5.75 Å². The van der Waals surface area contributed by atoms with E-state index < -0.39 is 10.0 Å². The average molecular weight is 407 g/mol. The van der Waals surface area contributed by atoms with Gasteiger partial charge < -0.3 is 9.26 Å². The fraction of sp³-hybridized carbons (Fsp3) is 0.474. The molecule has 1 saturated heterocycles. The molecule has 0 radical (unpaired) electrons. The molecule has 1 N–H and O–H groups in total. The van der Waals surface area contributed by atoms with Crippen LogP contribution in [0.4, 0.5) is 5.88 Å². The van der Waals surface area contributed by atoms with E-state index >= 15 is 0 Å². The van der Waals surface area contributed by atoms with Crippen LogP contribution < -0.4 is 10.1 Å². The molecule has 1 aromatic carbocycles. The van der Waals surface area contributed by atoms with Gasteiger partial charge in [-0.3, -0.25) is 10.1 Å². The summed E-state index contributed by atoms with van der Waals surface area (Å²) in [5.41, 5.74) is 1.81. The summed E-state index contributed by atoms with van der Waals surface area (Å²) < 4.78 is 38.6. The van der Waals surface area contributed by atoms with E-state index in [4.69, 9.17) is 9.26 Å². The number of sulfonamides is 1. The molecule has 1 aliphatic heterocycles. The Balaban J connectivity index is 2.12. The molecule has 2 aromatic rings. The third kappa shape index (κ3) is 3.90. The Morgan fingerprint density at radius 1 is 1.29 bits per heavy atom. The standard InChI is InChI=1S/C19H25N3O5S/c1-4-15-18(19(27-21-15)20-13(2)23)14-8-9-16(26-3)17(12-14)28(24,25)22-10-6-5-7-11-22/h8-9,12H,4-7,10-11H2,1-3H3,(H,20,23). The van der Waals surface area contributed by atoms with Crippen molar-refractivity contribution in [3.8, 4) is 16.9 Å². The number of amides is 1. The van der Waals surface area contributed by atoms with Gasteiger partial charge in [-0.2, -0.15) is 4.31 Å². The van der Waals surface area contributed by atoms with E-state index in [1.54, 1.807) is 18.2 Å². The third-order valence-electron chi connectivity index (χ3n) is 4.77. The number of aryl methyl sites for hydroxylation is 1. The van der Waals surface area contributed by atoms with E-state index in [-0.39, 0.29) is 22.4 Å².